The van der Waals surface area contributed by atoms with Crippen LogP contribution in [0.25, 0.3) is 0 Å². The molecule has 1 amide bonds. The number of thiophene rings is 1. The second-order valence-electron chi connectivity index (χ2n) is 9.50. The quantitative estimate of drug-likeness (QED) is 0.432. The van der Waals surface area contributed by atoms with E-state index >= 15 is 0 Å². The maximum atomic E-state index is 13.1. The topological polar surface area (TPSA) is 121 Å². The molecule has 5 rings (SSSR count). The van der Waals surface area contributed by atoms with Gasteiger partial charge in [-0.3, -0.25) is 9.59 Å². The Bertz CT molecular complexity index is 1410. The molecule has 2 aromatic heterocycles. The third kappa shape index (κ3) is 5.05. The molecule has 0 saturated heterocycles. The van der Waals surface area contributed by atoms with Crippen molar-refractivity contribution in [1.29, 1.82) is 5.26 Å². The molecule has 0 aromatic carbocycles. The van der Waals surface area contributed by atoms with Crippen LogP contribution in [0.5, 0.6) is 0 Å². The number of amides is 1. The number of nitrogens with one attached hydrogen (secondary N) is 2. The zero-order chi connectivity index (χ0) is 26.8. The van der Waals surface area contributed by atoms with E-state index in [0.717, 1.165) is 48.2 Å². The first kappa shape index (κ1) is 26.3. The highest BCUT2D eigenvalue weighted by molar-refractivity contribution is 8.03. The van der Waals surface area contributed by atoms with Crippen LogP contribution < -0.4 is 10.6 Å². The first-order valence-corrected chi connectivity index (χ1v) is 14.7. The largest absolute Gasteiger partial charge is 0.465 e. The fourth-order valence-electron chi connectivity index (χ4n) is 5.30. The summed E-state index contributed by atoms with van der Waals surface area (Å²) in [5.74, 6) is 0.00819. The summed E-state index contributed by atoms with van der Waals surface area (Å²) in [6.45, 7) is 3.85. The number of ketones is 1. The van der Waals surface area contributed by atoms with Gasteiger partial charge < -0.3 is 19.8 Å². The van der Waals surface area contributed by atoms with Gasteiger partial charge in [-0.25, -0.2) is 4.79 Å². The van der Waals surface area contributed by atoms with Crippen LogP contribution in [0.15, 0.2) is 38.4 Å². The Morgan fingerprint density at radius 1 is 1.24 bits per heavy atom. The van der Waals surface area contributed by atoms with Crippen LogP contribution in [0.1, 0.15) is 77.3 Å². The standard InChI is InChI=1S/C28H29N3O5S2/c1-3-35-28(34)24-16-7-4-5-10-21(16)38-27(24)31-22(33)14-37-26-17(13-29)23(20-12-11-15(2)36-20)25-18(30-26)8-6-9-19(25)32/h11-12,23,30H,3-10,14H2,1-2H3,(H,31,33)/t23-/m1/s1. The Labute approximate surface area is 229 Å². The summed E-state index contributed by atoms with van der Waals surface area (Å²) in [4.78, 5) is 39.8. The molecule has 2 aliphatic carbocycles. The highest BCUT2D eigenvalue weighted by Gasteiger charge is 2.39. The van der Waals surface area contributed by atoms with Gasteiger partial charge in [0.05, 0.1) is 40.5 Å². The average molecular weight is 552 g/mol. The van der Waals surface area contributed by atoms with E-state index in [0.29, 0.717) is 51.1 Å². The lowest BCUT2D eigenvalue weighted by Crippen LogP contribution is -2.31. The number of ether oxygens (including phenoxy) is 1. The van der Waals surface area contributed by atoms with Crippen LogP contribution in [-0.2, 0) is 27.2 Å². The molecule has 0 spiro atoms. The number of fused-ring (bicyclic) bond motifs is 1. The number of hydrogen-bond donors (Lipinski definition) is 2. The Hall–Kier alpha value is -3.29. The molecule has 2 aromatic rings. The van der Waals surface area contributed by atoms with Crippen molar-refractivity contribution >= 4 is 45.8 Å². The van der Waals surface area contributed by atoms with Crippen LogP contribution >= 0.6 is 23.1 Å². The molecule has 0 bridgehead atoms. The number of thioether (sulfide) groups is 1. The molecule has 0 saturated carbocycles. The monoisotopic (exact) mass is 551 g/mol. The summed E-state index contributed by atoms with van der Waals surface area (Å²) >= 11 is 2.66. The van der Waals surface area contributed by atoms with E-state index < -0.39 is 11.9 Å². The van der Waals surface area contributed by atoms with Gasteiger partial charge in [0.2, 0.25) is 5.91 Å². The van der Waals surface area contributed by atoms with Crippen LogP contribution in [-0.4, -0.2) is 30.0 Å². The van der Waals surface area contributed by atoms with Crippen molar-refractivity contribution in [3.63, 3.8) is 0 Å². The Kier molecular flexibility index (Phi) is 7.77. The van der Waals surface area contributed by atoms with Crippen molar-refractivity contribution in [3.05, 3.63) is 61.5 Å². The number of nitrogens with zero attached hydrogens (tertiary/aromatic N) is 1. The summed E-state index contributed by atoms with van der Waals surface area (Å²) in [5.41, 5.74) is 3.20. The van der Waals surface area contributed by atoms with Gasteiger partial charge >= 0.3 is 5.97 Å². The number of Topliss-reactive ketones (excluding diaryl/α,β-unsaturated/α-hetero) is 1. The van der Waals surface area contributed by atoms with Gasteiger partial charge in [0.1, 0.15) is 16.5 Å². The van der Waals surface area contributed by atoms with E-state index in [1.807, 2.05) is 13.0 Å². The highest BCUT2D eigenvalue weighted by Crippen LogP contribution is 2.44. The summed E-state index contributed by atoms with van der Waals surface area (Å²) in [7, 11) is 0. The van der Waals surface area contributed by atoms with Crippen molar-refractivity contribution < 1.29 is 23.5 Å². The summed E-state index contributed by atoms with van der Waals surface area (Å²) < 4.78 is 11.2. The van der Waals surface area contributed by atoms with Crippen LogP contribution in [0, 0.1) is 18.3 Å². The lowest BCUT2D eigenvalue weighted by atomic mass is 9.79. The fourth-order valence-corrected chi connectivity index (χ4v) is 7.46. The van der Waals surface area contributed by atoms with Gasteiger partial charge in [0.25, 0.3) is 0 Å². The molecule has 8 nitrogen and oxygen atoms in total. The second-order valence-corrected chi connectivity index (χ2v) is 11.6. The average Bonchev–Trinajstić information content (AvgIpc) is 3.49. The first-order chi connectivity index (χ1) is 18.4. The molecule has 1 aliphatic heterocycles. The lowest BCUT2D eigenvalue weighted by molar-refractivity contribution is -0.116. The molecule has 2 N–H and O–H groups in total. The zero-order valence-corrected chi connectivity index (χ0v) is 23.0. The van der Waals surface area contributed by atoms with Crippen molar-refractivity contribution in [1.82, 2.24) is 5.32 Å². The number of allylic oxidation sites excluding steroid dienone is 3. The number of furan rings is 1. The SMILES string of the molecule is CCOC(=O)c1c(NC(=O)CSC2=C(C#N)[C@H](c3ccc(C)o3)C3=C(CCCC3=O)N2)sc2c1CCCC2. The summed E-state index contributed by atoms with van der Waals surface area (Å²) in [5, 5.41) is 17.4. The molecule has 0 radical (unpaired) electrons. The molecule has 0 unspecified atom stereocenters. The molecule has 10 heteroatoms. The molecular formula is C28H29N3O5S2. The van der Waals surface area contributed by atoms with Gasteiger partial charge in [0, 0.05) is 22.6 Å². The number of carbonyl (C=O) groups excluding carboxylic acids is 3. The molecule has 38 heavy (non-hydrogen) atoms. The number of anilines is 1. The fraction of sp³-hybridized carbons (Fsp3) is 0.429. The minimum Gasteiger partial charge on any atom is -0.465 e. The normalized spacial score (nSPS) is 18.9. The first-order valence-electron chi connectivity index (χ1n) is 12.9. The Morgan fingerprint density at radius 3 is 2.79 bits per heavy atom. The van der Waals surface area contributed by atoms with Gasteiger partial charge in [-0.2, -0.15) is 5.26 Å². The third-order valence-electron chi connectivity index (χ3n) is 6.96. The van der Waals surface area contributed by atoms with E-state index in [1.54, 1.807) is 13.0 Å². The number of rotatable bonds is 7. The maximum Gasteiger partial charge on any atom is 0.341 e. The second kappa shape index (κ2) is 11.2. The third-order valence-corrected chi connectivity index (χ3v) is 9.18. The Balaban J connectivity index is 1.38. The number of nitriles is 1. The molecule has 3 heterocycles. The minimum atomic E-state index is -0.595. The van der Waals surface area contributed by atoms with Crippen LogP contribution in [0.2, 0.25) is 0 Å². The van der Waals surface area contributed by atoms with Crippen molar-refractivity contribution in [3.8, 4) is 6.07 Å². The molecule has 0 fully saturated rings. The smallest absolute Gasteiger partial charge is 0.341 e. The number of esters is 1. The Morgan fingerprint density at radius 2 is 2.05 bits per heavy atom. The van der Waals surface area contributed by atoms with Gasteiger partial charge in [-0.1, -0.05) is 11.8 Å². The van der Waals surface area contributed by atoms with Gasteiger partial charge in [-0.05, 0) is 70.1 Å². The predicted molar refractivity (Wildman–Crippen MR) is 146 cm³/mol. The van der Waals surface area contributed by atoms with Crippen molar-refractivity contribution in [2.24, 2.45) is 0 Å². The van der Waals surface area contributed by atoms with Crippen molar-refractivity contribution in [2.75, 3.05) is 17.7 Å². The lowest BCUT2D eigenvalue weighted by Gasteiger charge is -2.32. The summed E-state index contributed by atoms with van der Waals surface area (Å²) in [6.07, 6.45) is 5.62. The number of carbonyl (C=O) groups is 3. The molecule has 3 aliphatic rings. The maximum absolute atomic E-state index is 13.1. The van der Waals surface area contributed by atoms with Gasteiger partial charge in [0.15, 0.2) is 5.78 Å². The minimum absolute atomic E-state index is 0.0144. The molecule has 198 valence electrons. The van der Waals surface area contributed by atoms with Crippen LogP contribution in [0.4, 0.5) is 5.00 Å². The van der Waals surface area contributed by atoms with E-state index in [-0.39, 0.29) is 24.1 Å². The van der Waals surface area contributed by atoms with E-state index in [4.69, 9.17) is 9.15 Å². The molecule has 1 atom stereocenters. The van der Waals surface area contributed by atoms with Gasteiger partial charge in [-0.15, -0.1) is 11.3 Å². The predicted octanol–water partition coefficient (Wildman–Crippen LogP) is 5.51. The van der Waals surface area contributed by atoms with E-state index in [2.05, 4.69) is 16.7 Å². The van der Waals surface area contributed by atoms with E-state index in [9.17, 15) is 19.6 Å². The van der Waals surface area contributed by atoms with Crippen LogP contribution in [0.3, 0.4) is 0 Å². The zero-order valence-electron chi connectivity index (χ0n) is 21.4. The number of hydrogen-bond acceptors (Lipinski definition) is 9. The van der Waals surface area contributed by atoms with E-state index in [1.165, 1.54) is 23.1 Å². The number of aryl methyl sites for hydroxylation is 2. The highest BCUT2D eigenvalue weighted by atomic mass is 32.2. The summed E-state index contributed by atoms with van der Waals surface area (Å²) in [6, 6.07) is 5.90. The number of dihydropyridines is 1. The molecular weight excluding hydrogens is 522 g/mol. The van der Waals surface area contributed by atoms with Crippen molar-refractivity contribution in [2.45, 2.75) is 64.7 Å².